The molecule has 0 aromatic carbocycles. The number of aliphatic hydroxyl groups is 1. The molecular formula is C21H26F4N4O3S. The summed E-state index contributed by atoms with van der Waals surface area (Å²) in [6, 6.07) is 1.06. The SMILES string of the molecule is CNC(=O)c1csc2c(C(F)(F)F)cc(N3CCC(OCCN4C[C@@H](O)[C@H](F)C4)CC3)nc12. The summed E-state index contributed by atoms with van der Waals surface area (Å²) in [7, 11) is 1.42. The van der Waals surface area contributed by atoms with Gasteiger partial charge in [0.25, 0.3) is 5.91 Å². The van der Waals surface area contributed by atoms with E-state index in [0.717, 1.165) is 17.4 Å². The molecule has 2 fully saturated rings. The minimum atomic E-state index is -4.57. The average molecular weight is 491 g/mol. The van der Waals surface area contributed by atoms with Crippen molar-refractivity contribution in [2.75, 3.05) is 51.3 Å². The summed E-state index contributed by atoms with van der Waals surface area (Å²) in [6.07, 6.45) is -5.57. The molecule has 0 unspecified atom stereocenters. The Balaban J connectivity index is 1.42. The van der Waals surface area contributed by atoms with Gasteiger partial charge in [-0.15, -0.1) is 11.3 Å². The van der Waals surface area contributed by atoms with E-state index < -0.39 is 29.9 Å². The number of hydrogen-bond donors (Lipinski definition) is 2. The largest absolute Gasteiger partial charge is 0.417 e. The van der Waals surface area contributed by atoms with Crippen LogP contribution in [0.3, 0.4) is 0 Å². The number of anilines is 1. The lowest BCUT2D eigenvalue weighted by molar-refractivity contribution is -0.136. The number of nitrogens with one attached hydrogen (secondary N) is 1. The van der Waals surface area contributed by atoms with Crippen molar-refractivity contribution in [2.24, 2.45) is 0 Å². The van der Waals surface area contributed by atoms with Gasteiger partial charge in [0, 0.05) is 45.2 Å². The van der Waals surface area contributed by atoms with Crippen molar-refractivity contribution >= 4 is 33.3 Å². The second-order valence-electron chi connectivity index (χ2n) is 8.33. The van der Waals surface area contributed by atoms with Gasteiger partial charge in [0.15, 0.2) is 0 Å². The number of piperidine rings is 1. The number of halogens is 4. The molecule has 2 N–H and O–H groups in total. The fourth-order valence-corrected chi connectivity index (χ4v) is 5.29. The van der Waals surface area contributed by atoms with Gasteiger partial charge in [-0.25, -0.2) is 9.37 Å². The Bertz CT molecular complexity index is 984. The molecule has 0 radical (unpaired) electrons. The number of thiophene rings is 1. The van der Waals surface area contributed by atoms with Gasteiger partial charge < -0.3 is 20.1 Å². The van der Waals surface area contributed by atoms with E-state index in [1.807, 2.05) is 4.90 Å². The molecule has 4 heterocycles. The van der Waals surface area contributed by atoms with Gasteiger partial charge in [-0.1, -0.05) is 0 Å². The summed E-state index contributed by atoms with van der Waals surface area (Å²) in [4.78, 5) is 20.1. The van der Waals surface area contributed by atoms with Crippen molar-refractivity contribution in [3.63, 3.8) is 0 Å². The number of ether oxygens (including phenoxy) is 1. The van der Waals surface area contributed by atoms with Crippen LogP contribution in [0.1, 0.15) is 28.8 Å². The van der Waals surface area contributed by atoms with Crippen LogP contribution in [0.15, 0.2) is 11.4 Å². The molecule has 2 atom stereocenters. The number of aromatic nitrogens is 1. The lowest BCUT2D eigenvalue weighted by atomic mass is 10.1. The number of amides is 1. The molecule has 1 amide bonds. The highest BCUT2D eigenvalue weighted by molar-refractivity contribution is 7.17. The molecule has 0 aliphatic carbocycles. The highest BCUT2D eigenvalue weighted by Gasteiger charge is 2.36. The summed E-state index contributed by atoms with van der Waals surface area (Å²) in [5.74, 6) is -0.285. The Morgan fingerprint density at radius 1 is 1.33 bits per heavy atom. The number of carbonyl (C=O) groups excluding carboxylic acids is 1. The first-order chi connectivity index (χ1) is 15.7. The number of alkyl halides is 4. The summed E-state index contributed by atoms with van der Waals surface area (Å²) in [5, 5.41) is 13.3. The monoisotopic (exact) mass is 490 g/mol. The number of carbonyl (C=O) groups is 1. The highest BCUT2D eigenvalue weighted by Crippen LogP contribution is 2.40. The van der Waals surface area contributed by atoms with Crippen molar-refractivity contribution < 1.29 is 32.2 Å². The molecule has 2 aromatic rings. The second kappa shape index (κ2) is 9.69. The smallest absolute Gasteiger partial charge is 0.389 e. The lowest BCUT2D eigenvalue weighted by Gasteiger charge is -2.33. The van der Waals surface area contributed by atoms with E-state index in [1.54, 1.807) is 4.90 Å². The number of nitrogens with zero attached hydrogens (tertiary/aromatic N) is 3. The van der Waals surface area contributed by atoms with E-state index >= 15 is 0 Å². The summed E-state index contributed by atoms with van der Waals surface area (Å²) in [6.45, 7) is 2.34. The first-order valence-corrected chi connectivity index (χ1v) is 11.7. The Kier molecular flexibility index (Phi) is 7.08. The van der Waals surface area contributed by atoms with Crippen molar-refractivity contribution in [2.45, 2.75) is 37.4 Å². The molecule has 12 heteroatoms. The summed E-state index contributed by atoms with van der Waals surface area (Å²) < 4.78 is 60.4. The van der Waals surface area contributed by atoms with Crippen LogP contribution in [-0.4, -0.2) is 85.7 Å². The standard InChI is InChI=1S/C21H26F4N4O3S/c1-26-20(31)13-11-33-19-14(21(23,24)25)8-17(27-18(13)19)29-4-2-12(3-5-29)32-7-6-28-9-15(22)16(30)10-28/h8,11-12,15-16,30H,2-7,9-10H2,1H3,(H,26,31)/t15-,16-/m1/s1. The summed E-state index contributed by atoms with van der Waals surface area (Å²) >= 11 is 0.862. The Morgan fingerprint density at radius 3 is 2.67 bits per heavy atom. The quantitative estimate of drug-likeness (QED) is 0.607. The maximum absolute atomic E-state index is 13.7. The van der Waals surface area contributed by atoms with Crippen LogP contribution in [-0.2, 0) is 10.9 Å². The fraction of sp³-hybridized carbons (Fsp3) is 0.619. The Morgan fingerprint density at radius 2 is 2.06 bits per heavy atom. The third-order valence-electron chi connectivity index (χ3n) is 6.11. The molecular weight excluding hydrogens is 464 g/mol. The van der Waals surface area contributed by atoms with E-state index in [1.165, 1.54) is 12.4 Å². The van der Waals surface area contributed by atoms with Crippen LogP contribution < -0.4 is 10.2 Å². The molecule has 2 aliphatic heterocycles. The maximum Gasteiger partial charge on any atom is 0.417 e. The topological polar surface area (TPSA) is 77.9 Å². The van der Waals surface area contributed by atoms with Crippen LogP contribution in [0.5, 0.6) is 0 Å². The molecule has 2 aliphatic rings. The van der Waals surface area contributed by atoms with Crippen molar-refractivity contribution in [1.82, 2.24) is 15.2 Å². The normalized spacial score (nSPS) is 22.9. The zero-order chi connectivity index (χ0) is 23.8. The van der Waals surface area contributed by atoms with Gasteiger partial charge in [-0.05, 0) is 18.9 Å². The van der Waals surface area contributed by atoms with Gasteiger partial charge in [-0.2, -0.15) is 13.2 Å². The minimum absolute atomic E-state index is 0.0504. The number of aliphatic hydroxyl groups excluding tert-OH is 1. The van der Waals surface area contributed by atoms with Crippen molar-refractivity contribution in [3.05, 3.63) is 22.6 Å². The Hall–Kier alpha value is -2.02. The zero-order valence-electron chi connectivity index (χ0n) is 18.1. The molecule has 0 bridgehead atoms. The molecule has 2 aromatic heterocycles. The number of β-amino-alcohol motifs (C(OH)–C–C–N with tert-alkyl or cyclic N) is 1. The maximum atomic E-state index is 13.7. The summed E-state index contributed by atoms with van der Waals surface area (Å²) in [5.41, 5.74) is -0.605. The van der Waals surface area contributed by atoms with Crippen LogP contribution in [0.4, 0.5) is 23.4 Å². The fourth-order valence-electron chi connectivity index (χ4n) is 4.27. The van der Waals surface area contributed by atoms with Gasteiger partial charge in [0.2, 0.25) is 0 Å². The van der Waals surface area contributed by atoms with Crippen LogP contribution in [0.25, 0.3) is 10.2 Å². The first-order valence-electron chi connectivity index (χ1n) is 10.8. The van der Waals surface area contributed by atoms with E-state index in [4.69, 9.17) is 4.74 Å². The van der Waals surface area contributed by atoms with Gasteiger partial charge in [0.05, 0.1) is 40.2 Å². The number of rotatable bonds is 6. The van der Waals surface area contributed by atoms with Crippen molar-refractivity contribution in [1.29, 1.82) is 0 Å². The van der Waals surface area contributed by atoms with Gasteiger partial charge in [0.1, 0.15) is 12.0 Å². The number of fused-ring (bicyclic) bond motifs is 1. The van der Waals surface area contributed by atoms with E-state index in [0.29, 0.717) is 45.6 Å². The van der Waals surface area contributed by atoms with Crippen LogP contribution in [0.2, 0.25) is 0 Å². The van der Waals surface area contributed by atoms with E-state index in [2.05, 4.69) is 10.3 Å². The second-order valence-corrected chi connectivity index (χ2v) is 9.21. The predicted octanol–water partition coefficient (Wildman–Crippen LogP) is 2.67. The van der Waals surface area contributed by atoms with E-state index in [-0.39, 0.29) is 34.2 Å². The molecule has 182 valence electrons. The van der Waals surface area contributed by atoms with Crippen LogP contribution >= 0.6 is 11.3 Å². The minimum Gasteiger partial charge on any atom is -0.389 e. The third kappa shape index (κ3) is 5.23. The molecule has 0 saturated carbocycles. The molecule has 7 nitrogen and oxygen atoms in total. The number of pyridine rings is 1. The van der Waals surface area contributed by atoms with Crippen LogP contribution in [0, 0.1) is 0 Å². The number of likely N-dealkylation sites (tertiary alicyclic amines) is 1. The van der Waals surface area contributed by atoms with E-state index in [9.17, 15) is 27.5 Å². The molecule has 4 rings (SSSR count). The first kappa shape index (κ1) is 24.1. The molecule has 33 heavy (non-hydrogen) atoms. The highest BCUT2D eigenvalue weighted by atomic mass is 32.1. The lowest BCUT2D eigenvalue weighted by Crippen LogP contribution is -2.38. The Labute approximate surface area is 192 Å². The third-order valence-corrected chi connectivity index (χ3v) is 7.11. The number of hydrogen-bond acceptors (Lipinski definition) is 7. The zero-order valence-corrected chi connectivity index (χ0v) is 18.9. The predicted molar refractivity (Wildman–Crippen MR) is 117 cm³/mol. The molecule has 0 spiro atoms. The average Bonchev–Trinajstić information content (AvgIpc) is 3.35. The van der Waals surface area contributed by atoms with Gasteiger partial charge >= 0.3 is 6.18 Å². The van der Waals surface area contributed by atoms with Crippen molar-refractivity contribution in [3.8, 4) is 0 Å². The molecule has 2 saturated heterocycles. The van der Waals surface area contributed by atoms with Gasteiger partial charge in [-0.3, -0.25) is 9.69 Å².